The Morgan fingerprint density at radius 3 is 2.65 bits per heavy atom. The number of carboxylic acids is 1. The summed E-state index contributed by atoms with van der Waals surface area (Å²) in [6.45, 7) is 1.82. The van der Waals surface area contributed by atoms with Gasteiger partial charge in [0.15, 0.2) is 6.10 Å². The topological polar surface area (TPSA) is 93.1 Å². The number of nitrogens with zero attached hydrogens (tertiary/aromatic N) is 1. The molecule has 7 nitrogen and oxygen atoms in total. The lowest BCUT2D eigenvalue weighted by Crippen LogP contribution is -2.51. The average molecular weight is 245 g/mol. The molecule has 0 aliphatic carbocycles. The van der Waals surface area contributed by atoms with Gasteiger partial charge in [0, 0.05) is 6.54 Å². The Morgan fingerprint density at radius 1 is 1.47 bits per heavy atom. The van der Waals surface area contributed by atoms with Crippen molar-refractivity contribution in [1.82, 2.24) is 4.90 Å². The predicted molar refractivity (Wildman–Crippen MR) is 55.1 cm³/mol. The summed E-state index contributed by atoms with van der Waals surface area (Å²) in [5.41, 5.74) is 0. The minimum atomic E-state index is -1.18. The highest BCUT2D eigenvalue weighted by molar-refractivity contribution is 5.96. The third-order valence-electron chi connectivity index (χ3n) is 2.58. The molecule has 7 heteroatoms. The van der Waals surface area contributed by atoms with E-state index in [-0.39, 0.29) is 19.7 Å². The molecule has 1 rings (SSSR count). The van der Waals surface area contributed by atoms with Crippen molar-refractivity contribution < 1.29 is 29.0 Å². The second-order valence-electron chi connectivity index (χ2n) is 3.73. The summed E-state index contributed by atoms with van der Waals surface area (Å²) in [5.74, 6) is -3.39. The standard InChI is InChI=1S/C10H15NO6/c1-6(9(13)14)8(12)11-3-4-17-7(5-11)10(15)16-2/h6-7H,3-5H2,1-2H3,(H,13,14). The fourth-order valence-electron chi connectivity index (χ4n) is 1.50. The number of hydrogen-bond acceptors (Lipinski definition) is 5. The molecule has 0 aromatic heterocycles. The molecule has 17 heavy (non-hydrogen) atoms. The summed E-state index contributed by atoms with van der Waals surface area (Å²) in [6, 6.07) is 0. The number of carbonyl (C=O) groups excluding carboxylic acids is 2. The van der Waals surface area contributed by atoms with Crippen molar-refractivity contribution in [3.8, 4) is 0 Å². The van der Waals surface area contributed by atoms with Crippen molar-refractivity contribution in [2.24, 2.45) is 5.92 Å². The summed E-state index contributed by atoms with van der Waals surface area (Å²) in [6.07, 6.45) is -0.835. The van der Waals surface area contributed by atoms with Gasteiger partial charge < -0.3 is 19.5 Å². The zero-order valence-corrected chi connectivity index (χ0v) is 9.71. The van der Waals surface area contributed by atoms with Gasteiger partial charge in [-0.05, 0) is 6.92 Å². The normalized spacial score (nSPS) is 21.8. The van der Waals surface area contributed by atoms with E-state index in [1.807, 2.05) is 0 Å². The van der Waals surface area contributed by atoms with Crippen LogP contribution in [0.2, 0.25) is 0 Å². The smallest absolute Gasteiger partial charge is 0.336 e. The molecule has 1 amide bonds. The molecule has 0 saturated carbocycles. The summed E-state index contributed by atoms with van der Waals surface area (Å²) in [5, 5.41) is 8.73. The number of hydrogen-bond donors (Lipinski definition) is 1. The number of carbonyl (C=O) groups is 3. The van der Waals surface area contributed by atoms with Gasteiger partial charge in [-0.1, -0.05) is 0 Å². The van der Waals surface area contributed by atoms with E-state index in [1.54, 1.807) is 0 Å². The fraction of sp³-hybridized carbons (Fsp3) is 0.700. The molecule has 1 heterocycles. The molecule has 2 atom stereocenters. The Balaban J connectivity index is 2.63. The first kappa shape index (κ1) is 13.4. The van der Waals surface area contributed by atoms with Gasteiger partial charge >= 0.3 is 11.9 Å². The van der Waals surface area contributed by atoms with Crippen molar-refractivity contribution in [2.75, 3.05) is 26.8 Å². The third-order valence-corrected chi connectivity index (χ3v) is 2.58. The maximum absolute atomic E-state index is 11.7. The van der Waals surface area contributed by atoms with E-state index in [0.29, 0.717) is 0 Å². The fourth-order valence-corrected chi connectivity index (χ4v) is 1.50. The highest BCUT2D eigenvalue weighted by atomic mass is 16.6. The van der Waals surface area contributed by atoms with Crippen molar-refractivity contribution >= 4 is 17.8 Å². The minimum Gasteiger partial charge on any atom is -0.481 e. The Morgan fingerprint density at radius 2 is 2.12 bits per heavy atom. The van der Waals surface area contributed by atoms with E-state index in [2.05, 4.69) is 4.74 Å². The summed E-state index contributed by atoms with van der Waals surface area (Å²) in [7, 11) is 1.23. The number of morpholine rings is 1. The Bertz CT molecular complexity index is 329. The molecule has 1 aliphatic heterocycles. The van der Waals surface area contributed by atoms with Crippen molar-refractivity contribution in [3.63, 3.8) is 0 Å². The lowest BCUT2D eigenvalue weighted by Gasteiger charge is -2.32. The molecule has 0 spiro atoms. The molecule has 1 aliphatic rings. The van der Waals surface area contributed by atoms with Crippen LogP contribution in [-0.4, -0.2) is 60.8 Å². The number of aliphatic carboxylic acids is 1. The van der Waals surface area contributed by atoms with Crippen LogP contribution in [0, 0.1) is 5.92 Å². The maximum atomic E-state index is 11.7. The van der Waals surface area contributed by atoms with Gasteiger partial charge in [-0.15, -0.1) is 0 Å². The van der Waals surface area contributed by atoms with Crippen LogP contribution < -0.4 is 0 Å². The maximum Gasteiger partial charge on any atom is 0.336 e. The van der Waals surface area contributed by atoms with E-state index < -0.39 is 29.9 Å². The lowest BCUT2D eigenvalue weighted by molar-refractivity contribution is -0.164. The van der Waals surface area contributed by atoms with Crippen LogP contribution in [0.15, 0.2) is 0 Å². The number of rotatable bonds is 3. The highest BCUT2D eigenvalue weighted by Gasteiger charge is 2.33. The van der Waals surface area contributed by atoms with E-state index in [0.717, 1.165) is 0 Å². The van der Waals surface area contributed by atoms with Crippen molar-refractivity contribution in [1.29, 1.82) is 0 Å². The largest absolute Gasteiger partial charge is 0.481 e. The van der Waals surface area contributed by atoms with E-state index in [4.69, 9.17) is 9.84 Å². The molecule has 1 N–H and O–H groups in total. The number of esters is 1. The van der Waals surface area contributed by atoms with Crippen LogP contribution in [0.25, 0.3) is 0 Å². The molecule has 0 aromatic carbocycles. The molecular formula is C10H15NO6. The Labute approximate surface area is 98.3 Å². The third kappa shape index (κ3) is 3.16. The second kappa shape index (κ2) is 5.62. The van der Waals surface area contributed by atoms with E-state index in [9.17, 15) is 14.4 Å². The van der Waals surface area contributed by atoms with E-state index in [1.165, 1.54) is 18.9 Å². The molecule has 0 aromatic rings. The highest BCUT2D eigenvalue weighted by Crippen LogP contribution is 2.11. The first-order valence-corrected chi connectivity index (χ1v) is 5.18. The van der Waals surface area contributed by atoms with Crippen LogP contribution in [-0.2, 0) is 23.9 Å². The predicted octanol–water partition coefficient (Wildman–Crippen LogP) is -0.892. The number of methoxy groups -OCH3 is 1. The summed E-state index contributed by atoms with van der Waals surface area (Å²) >= 11 is 0. The van der Waals surface area contributed by atoms with Gasteiger partial charge in [0.2, 0.25) is 5.91 Å². The monoisotopic (exact) mass is 245 g/mol. The van der Waals surface area contributed by atoms with Crippen molar-refractivity contribution in [2.45, 2.75) is 13.0 Å². The first-order valence-electron chi connectivity index (χ1n) is 5.18. The molecule has 2 unspecified atom stereocenters. The van der Waals surface area contributed by atoms with E-state index >= 15 is 0 Å². The SMILES string of the molecule is COC(=O)C1CN(C(=O)C(C)C(=O)O)CCO1. The zero-order valence-electron chi connectivity index (χ0n) is 9.71. The second-order valence-corrected chi connectivity index (χ2v) is 3.73. The van der Waals surface area contributed by atoms with Gasteiger partial charge in [-0.3, -0.25) is 9.59 Å². The molecule has 0 bridgehead atoms. The Kier molecular flexibility index (Phi) is 4.45. The van der Waals surface area contributed by atoms with Gasteiger partial charge in [0.05, 0.1) is 20.3 Å². The van der Waals surface area contributed by atoms with Gasteiger partial charge in [-0.25, -0.2) is 4.79 Å². The average Bonchev–Trinajstić information content (AvgIpc) is 2.36. The summed E-state index contributed by atoms with van der Waals surface area (Å²) in [4.78, 5) is 35.0. The van der Waals surface area contributed by atoms with Crippen LogP contribution in [0.4, 0.5) is 0 Å². The van der Waals surface area contributed by atoms with Crippen LogP contribution >= 0.6 is 0 Å². The molecular weight excluding hydrogens is 230 g/mol. The van der Waals surface area contributed by atoms with Crippen LogP contribution in [0.5, 0.6) is 0 Å². The lowest BCUT2D eigenvalue weighted by atomic mass is 10.1. The number of amides is 1. The van der Waals surface area contributed by atoms with Gasteiger partial charge in [0.1, 0.15) is 5.92 Å². The minimum absolute atomic E-state index is 0.0309. The first-order chi connectivity index (χ1) is 7.97. The van der Waals surface area contributed by atoms with Crippen molar-refractivity contribution in [3.05, 3.63) is 0 Å². The number of carboxylic acid groups (broad SMARTS) is 1. The summed E-state index contributed by atoms with van der Waals surface area (Å²) < 4.78 is 9.64. The molecule has 0 radical (unpaired) electrons. The quantitative estimate of drug-likeness (QED) is 0.512. The van der Waals surface area contributed by atoms with Crippen LogP contribution in [0.1, 0.15) is 6.92 Å². The van der Waals surface area contributed by atoms with Gasteiger partial charge in [0.25, 0.3) is 0 Å². The number of ether oxygens (including phenoxy) is 2. The molecule has 1 fully saturated rings. The molecule has 96 valence electrons. The Hall–Kier alpha value is -1.63. The van der Waals surface area contributed by atoms with Crippen LogP contribution in [0.3, 0.4) is 0 Å². The van der Waals surface area contributed by atoms with Gasteiger partial charge in [-0.2, -0.15) is 0 Å². The molecule has 1 saturated heterocycles. The zero-order chi connectivity index (χ0) is 13.0.